The Hall–Kier alpha value is -1.27. The summed E-state index contributed by atoms with van der Waals surface area (Å²) in [7, 11) is 0. The van der Waals surface area contributed by atoms with Crippen LogP contribution in [0.4, 0.5) is 13.2 Å². The molecule has 5 aliphatic rings. The molecule has 0 aromatic rings. The third-order valence-electron chi connectivity index (χ3n) is 6.36. The monoisotopic (exact) mass is 388 g/mol. The summed E-state index contributed by atoms with van der Waals surface area (Å²) in [5, 5.41) is 0. The molecule has 0 N–H and O–H groups in total. The van der Waals surface area contributed by atoms with E-state index in [1.54, 1.807) is 6.92 Å². The van der Waals surface area contributed by atoms with E-state index in [9.17, 15) is 13.2 Å². The summed E-state index contributed by atoms with van der Waals surface area (Å²) < 4.78 is 58.0. The topological polar surface area (TPSA) is 46.2 Å². The van der Waals surface area contributed by atoms with E-state index in [0.29, 0.717) is 12.8 Å². The van der Waals surface area contributed by atoms with Crippen molar-refractivity contribution in [1.82, 2.24) is 0 Å². The minimum Gasteiger partial charge on any atom is -0.456 e. The smallest absolute Gasteiger partial charge is 0.449 e. The molecule has 0 aromatic heterocycles. The van der Waals surface area contributed by atoms with Gasteiger partial charge in [0.25, 0.3) is 0 Å². The van der Waals surface area contributed by atoms with Crippen molar-refractivity contribution in [2.45, 2.75) is 63.4 Å². The van der Waals surface area contributed by atoms with Crippen LogP contribution in [0.3, 0.4) is 0 Å². The van der Waals surface area contributed by atoms with Gasteiger partial charge in [0, 0.05) is 23.8 Å². The molecule has 0 aromatic carbocycles. The van der Waals surface area contributed by atoms with E-state index < -0.39 is 35.5 Å². The average molecular weight is 388 g/mol. The Balaban J connectivity index is 1.82. The van der Waals surface area contributed by atoms with Gasteiger partial charge >= 0.3 is 6.18 Å². The first-order valence-electron chi connectivity index (χ1n) is 9.24. The lowest BCUT2D eigenvalue weighted by atomic mass is 9.59. The molecule has 1 aliphatic carbocycles. The van der Waals surface area contributed by atoms with Gasteiger partial charge < -0.3 is 14.2 Å². The number of terminal acetylenes is 1. The maximum absolute atomic E-state index is 13.8. The van der Waals surface area contributed by atoms with E-state index in [1.807, 2.05) is 0 Å². The minimum absolute atomic E-state index is 0.0311. The lowest BCUT2D eigenvalue weighted by molar-refractivity contribution is -0.557. The number of fused-ring (bicyclic) bond motifs is 2. The fraction of sp³-hybridized carbons (Fsp3) is 0.789. The molecule has 5 nitrogen and oxygen atoms in total. The molecule has 6 atom stereocenters. The highest BCUT2D eigenvalue weighted by molar-refractivity contribution is 5.28. The molecule has 4 aliphatic heterocycles. The summed E-state index contributed by atoms with van der Waals surface area (Å²) in [5.74, 6) is -0.252. The van der Waals surface area contributed by atoms with Gasteiger partial charge in [-0.2, -0.15) is 13.2 Å². The van der Waals surface area contributed by atoms with Crippen LogP contribution in [-0.2, 0) is 24.0 Å². The van der Waals surface area contributed by atoms with Crippen LogP contribution in [0.2, 0.25) is 0 Å². The van der Waals surface area contributed by atoms with E-state index in [0.717, 1.165) is 12.8 Å². The molecule has 1 saturated carbocycles. The summed E-state index contributed by atoms with van der Waals surface area (Å²) in [5.41, 5.74) is -1.08. The molecule has 27 heavy (non-hydrogen) atoms. The van der Waals surface area contributed by atoms with Gasteiger partial charge in [-0.1, -0.05) is 12.8 Å². The molecular formula is C19H23F3O5. The van der Waals surface area contributed by atoms with Crippen LogP contribution in [0, 0.1) is 30.1 Å². The fourth-order valence-electron chi connectivity index (χ4n) is 5.12. The maximum atomic E-state index is 13.8. The molecule has 4 fully saturated rings. The lowest BCUT2D eigenvalue weighted by Crippen LogP contribution is -2.67. The molecule has 0 radical (unpaired) electrons. The summed E-state index contributed by atoms with van der Waals surface area (Å²) in [4.78, 5) is 11.4. The molecule has 8 heteroatoms. The molecule has 2 bridgehead atoms. The molecule has 1 spiro atoms. The normalized spacial score (nSPS) is 43.6. The van der Waals surface area contributed by atoms with E-state index in [-0.39, 0.29) is 30.6 Å². The van der Waals surface area contributed by atoms with Gasteiger partial charge in [0.1, 0.15) is 6.61 Å². The number of rotatable bonds is 3. The van der Waals surface area contributed by atoms with E-state index in [1.165, 1.54) is 0 Å². The minimum atomic E-state index is -4.66. The fourth-order valence-corrected chi connectivity index (χ4v) is 5.12. The van der Waals surface area contributed by atoms with Crippen LogP contribution < -0.4 is 0 Å². The zero-order chi connectivity index (χ0) is 19.4. The Labute approximate surface area is 156 Å². The predicted octanol–water partition coefficient (Wildman–Crippen LogP) is 3.70. The second-order valence-corrected chi connectivity index (χ2v) is 8.02. The Kier molecular flexibility index (Phi) is 4.50. The van der Waals surface area contributed by atoms with Gasteiger partial charge in [0.05, 0.1) is 6.61 Å². The number of ether oxygens (including phenoxy) is 3. The first kappa shape index (κ1) is 19.1. The highest BCUT2D eigenvalue weighted by Crippen LogP contribution is 2.61. The first-order valence-corrected chi connectivity index (χ1v) is 9.24. The van der Waals surface area contributed by atoms with E-state index in [4.69, 9.17) is 30.4 Å². The Morgan fingerprint density at radius 2 is 2.04 bits per heavy atom. The largest absolute Gasteiger partial charge is 0.456 e. The zero-order valence-corrected chi connectivity index (χ0v) is 15.3. The van der Waals surface area contributed by atoms with Gasteiger partial charge in [-0.05, 0) is 32.1 Å². The van der Waals surface area contributed by atoms with Gasteiger partial charge in [-0.3, -0.25) is 0 Å². The predicted molar refractivity (Wildman–Crippen MR) is 86.6 cm³/mol. The van der Waals surface area contributed by atoms with E-state index >= 15 is 0 Å². The first-order chi connectivity index (χ1) is 12.7. The highest BCUT2D eigenvalue weighted by atomic mass is 19.4. The lowest BCUT2D eigenvalue weighted by Gasteiger charge is -2.57. The van der Waals surface area contributed by atoms with Crippen LogP contribution in [0.1, 0.15) is 39.5 Å². The van der Waals surface area contributed by atoms with Crippen molar-refractivity contribution < 1.29 is 37.2 Å². The number of allylic oxidation sites excluding steroid dienone is 1. The number of hydrogen-bond acceptors (Lipinski definition) is 5. The number of alkyl halides is 3. The molecule has 3 saturated heterocycles. The van der Waals surface area contributed by atoms with Crippen LogP contribution >= 0.6 is 0 Å². The zero-order valence-electron chi connectivity index (χ0n) is 15.3. The van der Waals surface area contributed by atoms with E-state index in [2.05, 4.69) is 12.8 Å². The molecule has 1 unspecified atom stereocenters. The van der Waals surface area contributed by atoms with Crippen molar-refractivity contribution in [2.75, 3.05) is 13.2 Å². The van der Waals surface area contributed by atoms with Crippen molar-refractivity contribution in [2.24, 2.45) is 17.8 Å². The van der Waals surface area contributed by atoms with Crippen molar-refractivity contribution in [1.29, 1.82) is 0 Å². The highest BCUT2D eigenvalue weighted by Gasteiger charge is 2.70. The van der Waals surface area contributed by atoms with Crippen molar-refractivity contribution in [3.63, 3.8) is 0 Å². The van der Waals surface area contributed by atoms with Crippen molar-refractivity contribution in [3.8, 4) is 12.3 Å². The Morgan fingerprint density at radius 3 is 2.74 bits per heavy atom. The van der Waals surface area contributed by atoms with Crippen LogP contribution in [-0.4, -0.2) is 37.1 Å². The molecule has 0 amide bonds. The van der Waals surface area contributed by atoms with Gasteiger partial charge in [-0.25, -0.2) is 9.78 Å². The summed E-state index contributed by atoms with van der Waals surface area (Å²) in [6.07, 6.45) is 1.89. The second-order valence-electron chi connectivity index (χ2n) is 8.02. The molecular weight excluding hydrogens is 365 g/mol. The molecule has 150 valence electrons. The van der Waals surface area contributed by atoms with Crippen molar-refractivity contribution in [3.05, 3.63) is 11.3 Å². The van der Waals surface area contributed by atoms with Gasteiger partial charge in [-0.15, -0.1) is 6.42 Å². The summed E-state index contributed by atoms with van der Waals surface area (Å²) in [6.45, 7) is 3.42. The molecule has 4 heterocycles. The Morgan fingerprint density at radius 1 is 1.26 bits per heavy atom. The van der Waals surface area contributed by atoms with Gasteiger partial charge in [0.15, 0.2) is 5.60 Å². The second kappa shape index (κ2) is 6.38. The standard InChI is InChI=1S/C19H23F3O5/c1-4-9-23-10-12-14-6-5-11(2)13-7-8-17(3)25-16(18(13,14)27-26-17)24-15(12)19(20,21)22/h1,11,13-14,16H,5-10H2,2-3H3/t11-,13?,14+,16-,17-,18-/m1/s1. The average Bonchev–Trinajstić information content (AvgIpc) is 2.83. The van der Waals surface area contributed by atoms with Crippen LogP contribution in [0.5, 0.6) is 0 Å². The van der Waals surface area contributed by atoms with Crippen LogP contribution in [0.15, 0.2) is 11.3 Å². The number of halogens is 3. The SMILES string of the molecule is C#CCOCC1=C(C(F)(F)F)O[C@@H]2O[C@@]3(C)CCC4[C@H](C)CC[C@@H]1[C@]42OO3. The Bertz CT molecular complexity index is 684. The van der Waals surface area contributed by atoms with Crippen LogP contribution in [0.25, 0.3) is 0 Å². The number of hydrogen-bond donors (Lipinski definition) is 0. The summed E-state index contributed by atoms with van der Waals surface area (Å²) in [6, 6.07) is 0. The van der Waals surface area contributed by atoms with Crippen molar-refractivity contribution >= 4 is 0 Å². The third-order valence-corrected chi connectivity index (χ3v) is 6.36. The maximum Gasteiger partial charge on any atom is 0.449 e. The quantitative estimate of drug-likeness (QED) is 0.419. The summed E-state index contributed by atoms with van der Waals surface area (Å²) >= 11 is 0. The third kappa shape index (κ3) is 2.87. The van der Waals surface area contributed by atoms with Gasteiger partial charge in [0.2, 0.25) is 17.8 Å². The molecule has 5 rings (SSSR count).